The summed E-state index contributed by atoms with van der Waals surface area (Å²) < 4.78 is 24.6. The minimum atomic E-state index is -0.156. The van der Waals surface area contributed by atoms with E-state index in [9.17, 15) is 0 Å². The van der Waals surface area contributed by atoms with Crippen LogP contribution in [0.15, 0.2) is 47.2 Å². The fourth-order valence-corrected chi connectivity index (χ4v) is 7.78. The molecule has 4 heterocycles. The van der Waals surface area contributed by atoms with Crippen molar-refractivity contribution in [2.75, 3.05) is 13.2 Å². The highest BCUT2D eigenvalue weighted by Gasteiger charge is 2.51. The molecule has 4 aliphatic carbocycles. The van der Waals surface area contributed by atoms with Crippen molar-refractivity contribution in [1.82, 2.24) is 15.1 Å². The van der Waals surface area contributed by atoms with Crippen LogP contribution in [0.4, 0.5) is 0 Å². The van der Waals surface area contributed by atoms with Gasteiger partial charge in [-0.3, -0.25) is 4.98 Å². The molecular weight excluding hydrogens is 573 g/mol. The Hall–Kier alpha value is -2.71. The van der Waals surface area contributed by atoms with Crippen molar-refractivity contribution in [3.8, 4) is 17.0 Å². The van der Waals surface area contributed by atoms with E-state index in [0.717, 1.165) is 92.4 Å². The summed E-state index contributed by atoms with van der Waals surface area (Å²) >= 11 is 13.0. The summed E-state index contributed by atoms with van der Waals surface area (Å²) in [6.07, 6.45) is 12.6. The molecule has 9 rings (SSSR count). The quantitative estimate of drug-likeness (QED) is 0.200. The van der Waals surface area contributed by atoms with Gasteiger partial charge in [0.1, 0.15) is 28.8 Å². The van der Waals surface area contributed by atoms with Crippen molar-refractivity contribution in [2.45, 2.75) is 87.4 Å². The molecule has 7 nitrogen and oxygen atoms in total. The highest BCUT2D eigenvalue weighted by molar-refractivity contribution is 6.38. The van der Waals surface area contributed by atoms with E-state index in [4.69, 9.17) is 46.9 Å². The molecule has 218 valence electrons. The van der Waals surface area contributed by atoms with E-state index in [-0.39, 0.29) is 17.1 Å². The second-order valence-electron chi connectivity index (χ2n) is 12.5. The molecule has 4 saturated carbocycles. The predicted octanol–water partition coefficient (Wildman–Crippen LogP) is 8.20. The molecule has 3 aromatic heterocycles. The molecule has 0 N–H and O–H groups in total. The Kier molecular flexibility index (Phi) is 6.71. The number of benzene rings is 1. The maximum atomic E-state index is 6.85. The number of nitrogens with zero attached hydrogens (tertiary/aromatic N) is 3. The van der Waals surface area contributed by atoms with Crippen LogP contribution in [0.25, 0.3) is 22.2 Å². The van der Waals surface area contributed by atoms with E-state index in [1.807, 2.05) is 12.1 Å². The Morgan fingerprint density at radius 1 is 0.929 bits per heavy atom. The minimum Gasteiger partial charge on any atom is -0.486 e. The Bertz CT molecular complexity index is 1600. The molecule has 1 aromatic carbocycles. The zero-order valence-electron chi connectivity index (χ0n) is 23.4. The highest BCUT2D eigenvalue weighted by atomic mass is 35.5. The molecule has 2 bridgehead atoms. The first kappa shape index (κ1) is 26.9. The second-order valence-corrected chi connectivity index (χ2v) is 13.3. The molecule has 42 heavy (non-hydrogen) atoms. The lowest BCUT2D eigenvalue weighted by atomic mass is 9.57. The molecule has 9 heteroatoms. The lowest BCUT2D eigenvalue weighted by Crippen LogP contribution is -2.50. The minimum absolute atomic E-state index is 0.0719. The zero-order chi connectivity index (χ0) is 28.3. The van der Waals surface area contributed by atoms with Gasteiger partial charge in [0.15, 0.2) is 0 Å². The first-order valence-electron chi connectivity index (χ1n) is 15.1. The lowest BCUT2D eigenvalue weighted by molar-refractivity contribution is -0.127. The smallest absolute Gasteiger partial charge is 0.146 e. The van der Waals surface area contributed by atoms with Gasteiger partial charge in [-0.05, 0) is 63.5 Å². The maximum Gasteiger partial charge on any atom is 0.146 e. The van der Waals surface area contributed by atoms with Crippen molar-refractivity contribution in [3.05, 3.63) is 69.8 Å². The average molecular weight is 607 g/mol. The third kappa shape index (κ3) is 4.69. The van der Waals surface area contributed by atoms with Crippen LogP contribution >= 0.6 is 23.2 Å². The number of halogens is 2. The van der Waals surface area contributed by atoms with E-state index >= 15 is 0 Å². The van der Waals surface area contributed by atoms with Gasteiger partial charge in [-0.25, -0.2) is 4.98 Å². The second kappa shape index (κ2) is 10.5. The summed E-state index contributed by atoms with van der Waals surface area (Å²) in [4.78, 5) is 9.37. The normalized spacial score (nSPS) is 27.1. The molecule has 1 atom stereocenters. The maximum absolute atomic E-state index is 6.85. The summed E-state index contributed by atoms with van der Waals surface area (Å²) in [5.41, 5.74) is 4.36. The third-order valence-electron chi connectivity index (χ3n) is 9.97. The number of fused-ring (bicyclic) bond motifs is 4. The van der Waals surface area contributed by atoms with Crippen molar-refractivity contribution in [1.29, 1.82) is 0 Å². The van der Waals surface area contributed by atoms with E-state index in [0.29, 0.717) is 40.4 Å². The third-order valence-corrected chi connectivity index (χ3v) is 10.5. The molecule has 0 amide bonds. The van der Waals surface area contributed by atoms with Gasteiger partial charge in [-0.15, -0.1) is 0 Å². The summed E-state index contributed by atoms with van der Waals surface area (Å²) in [6, 6.07) is 10.6. The van der Waals surface area contributed by atoms with Gasteiger partial charge in [-0.2, -0.15) is 0 Å². The van der Waals surface area contributed by atoms with Crippen molar-refractivity contribution in [2.24, 2.45) is 0 Å². The van der Waals surface area contributed by atoms with E-state index in [1.165, 1.54) is 5.69 Å². The fourth-order valence-electron chi connectivity index (χ4n) is 7.23. The molecule has 0 spiro atoms. The Labute approximate surface area is 254 Å². The van der Waals surface area contributed by atoms with Crippen LogP contribution in [0.2, 0.25) is 10.0 Å². The first-order chi connectivity index (χ1) is 20.5. The van der Waals surface area contributed by atoms with Crippen molar-refractivity contribution < 1.29 is 18.7 Å². The topological polar surface area (TPSA) is 79.5 Å². The van der Waals surface area contributed by atoms with Crippen LogP contribution in [0.3, 0.4) is 0 Å². The largest absolute Gasteiger partial charge is 0.486 e. The molecule has 1 unspecified atom stereocenters. The molecular formula is C33H33Cl2N3O4. The lowest BCUT2D eigenvalue weighted by Gasteiger charge is -2.52. The van der Waals surface area contributed by atoms with Crippen LogP contribution in [-0.4, -0.2) is 40.0 Å². The Morgan fingerprint density at radius 3 is 2.43 bits per heavy atom. The standard InChI is InChI=1S/C33H33Cl2N3O4/c34-24-16-36-17-25(35)28(24)30-23(31(42-38-30)21-4-5-21)19-40-33-12-9-32(10-13-33,11-14-33)27-7-6-20-2-1-3-26(29(20)37-27)41-22-8-15-39-18-22/h1-3,6-7,16-17,21-22H,4-5,8-15,18-19H2. The molecule has 4 aromatic rings. The van der Waals surface area contributed by atoms with Crippen LogP contribution in [0.5, 0.6) is 5.75 Å². The van der Waals surface area contributed by atoms with Crippen molar-refractivity contribution in [3.63, 3.8) is 0 Å². The van der Waals surface area contributed by atoms with Crippen LogP contribution in [0.1, 0.15) is 80.7 Å². The molecule has 0 radical (unpaired) electrons. The number of aromatic nitrogens is 3. The fraction of sp³-hybridized carbons (Fsp3) is 0.485. The zero-order valence-corrected chi connectivity index (χ0v) is 24.9. The van der Waals surface area contributed by atoms with Gasteiger partial charge in [0.2, 0.25) is 0 Å². The van der Waals surface area contributed by atoms with Crippen LogP contribution in [-0.2, 0) is 21.5 Å². The van der Waals surface area contributed by atoms with Gasteiger partial charge in [-0.1, -0.05) is 46.6 Å². The molecule has 1 aliphatic heterocycles. The molecule has 5 fully saturated rings. The van der Waals surface area contributed by atoms with Gasteiger partial charge < -0.3 is 18.7 Å². The molecule has 1 saturated heterocycles. The Balaban J connectivity index is 1.02. The number of hydrogen-bond donors (Lipinski definition) is 0. The summed E-state index contributed by atoms with van der Waals surface area (Å²) in [5.74, 6) is 2.16. The van der Waals surface area contributed by atoms with Crippen molar-refractivity contribution >= 4 is 34.1 Å². The summed E-state index contributed by atoms with van der Waals surface area (Å²) in [6.45, 7) is 1.84. The SMILES string of the molecule is Clc1cncc(Cl)c1-c1noc(C2CC2)c1COC12CCC(c3ccc4cccc(OC5CCOC5)c4n3)(CC1)CC2. The van der Waals surface area contributed by atoms with Crippen LogP contribution < -0.4 is 4.74 Å². The summed E-state index contributed by atoms with van der Waals surface area (Å²) in [7, 11) is 0. The van der Waals surface area contributed by atoms with Gasteiger partial charge in [0.05, 0.1) is 35.5 Å². The summed E-state index contributed by atoms with van der Waals surface area (Å²) in [5, 5.41) is 6.47. The number of hydrogen-bond acceptors (Lipinski definition) is 7. The number of para-hydroxylation sites is 1. The first-order valence-corrected chi connectivity index (χ1v) is 15.8. The predicted molar refractivity (Wildman–Crippen MR) is 160 cm³/mol. The molecule has 5 aliphatic rings. The van der Waals surface area contributed by atoms with E-state index < -0.39 is 0 Å². The monoisotopic (exact) mass is 605 g/mol. The van der Waals surface area contributed by atoms with Gasteiger partial charge >= 0.3 is 0 Å². The van der Waals surface area contributed by atoms with Crippen LogP contribution in [0, 0.1) is 0 Å². The van der Waals surface area contributed by atoms with Gasteiger partial charge in [0.25, 0.3) is 0 Å². The Morgan fingerprint density at radius 2 is 1.71 bits per heavy atom. The number of rotatable bonds is 8. The number of pyridine rings is 2. The van der Waals surface area contributed by atoms with E-state index in [1.54, 1.807) is 12.4 Å². The van der Waals surface area contributed by atoms with E-state index in [2.05, 4.69) is 28.3 Å². The van der Waals surface area contributed by atoms with Gasteiger partial charge in [0, 0.05) is 52.4 Å². The average Bonchev–Trinajstić information content (AvgIpc) is 3.57. The number of ether oxygens (including phenoxy) is 3. The highest BCUT2D eigenvalue weighted by Crippen LogP contribution is 2.55.